The predicted molar refractivity (Wildman–Crippen MR) is 61.7 cm³/mol. The van der Waals surface area contributed by atoms with Crippen LogP contribution in [0.25, 0.3) is 11.0 Å². The number of aryl methyl sites for hydroxylation is 1. The molecule has 0 unspecified atom stereocenters. The molecule has 1 heterocycles. The van der Waals surface area contributed by atoms with Crippen molar-refractivity contribution in [1.29, 1.82) is 0 Å². The maximum Gasteiger partial charge on any atom is 0.303 e. The van der Waals surface area contributed by atoms with Gasteiger partial charge in [-0.25, -0.2) is 4.98 Å². The molecule has 2 N–H and O–H groups in total. The molecule has 0 atom stereocenters. The zero-order valence-electron chi connectivity index (χ0n) is 8.53. The van der Waals surface area contributed by atoms with Gasteiger partial charge in [0.2, 0.25) is 0 Å². The summed E-state index contributed by atoms with van der Waals surface area (Å²) in [5, 5.41) is 9.18. The van der Waals surface area contributed by atoms with Gasteiger partial charge in [-0.3, -0.25) is 4.79 Å². The van der Waals surface area contributed by atoms with Crippen LogP contribution in [0.5, 0.6) is 0 Å². The van der Waals surface area contributed by atoms with Crippen molar-refractivity contribution in [2.45, 2.75) is 19.3 Å². The van der Waals surface area contributed by atoms with Gasteiger partial charge in [-0.05, 0) is 24.6 Å². The fraction of sp³-hybridized carbons (Fsp3) is 0.273. The molecule has 1 aromatic carbocycles. The van der Waals surface area contributed by atoms with E-state index < -0.39 is 5.97 Å². The number of benzene rings is 1. The lowest BCUT2D eigenvalue weighted by Gasteiger charge is -1.92. The number of halogens is 1. The second kappa shape index (κ2) is 4.53. The summed E-state index contributed by atoms with van der Waals surface area (Å²) < 4.78 is 0. The number of nitrogens with one attached hydrogen (secondary N) is 1. The first-order valence-electron chi connectivity index (χ1n) is 5.01. The SMILES string of the molecule is O=C(O)CCCc1nc2ccc(Cl)cc2[nH]1. The molecule has 0 radical (unpaired) electrons. The molecule has 4 nitrogen and oxygen atoms in total. The Labute approximate surface area is 97.3 Å². The highest BCUT2D eigenvalue weighted by Gasteiger charge is 2.04. The first-order chi connectivity index (χ1) is 7.65. The van der Waals surface area contributed by atoms with Gasteiger partial charge in [-0.2, -0.15) is 0 Å². The van der Waals surface area contributed by atoms with Crippen LogP contribution in [0.4, 0.5) is 0 Å². The molecule has 1 aromatic heterocycles. The minimum atomic E-state index is -0.779. The van der Waals surface area contributed by atoms with E-state index in [9.17, 15) is 4.79 Å². The fourth-order valence-electron chi connectivity index (χ4n) is 1.56. The second-order valence-electron chi connectivity index (χ2n) is 3.59. The number of aromatic nitrogens is 2. The van der Waals surface area contributed by atoms with Crippen LogP contribution in [0.3, 0.4) is 0 Å². The first-order valence-corrected chi connectivity index (χ1v) is 5.39. The molecule has 0 fully saturated rings. The van der Waals surface area contributed by atoms with Gasteiger partial charge in [0.15, 0.2) is 0 Å². The molecule has 2 aromatic rings. The second-order valence-corrected chi connectivity index (χ2v) is 4.03. The number of hydrogen-bond donors (Lipinski definition) is 2. The van der Waals surface area contributed by atoms with E-state index in [1.54, 1.807) is 6.07 Å². The Morgan fingerprint density at radius 2 is 2.31 bits per heavy atom. The number of carboxylic acid groups (broad SMARTS) is 1. The highest BCUT2D eigenvalue weighted by atomic mass is 35.5. The number of carbonyl (C=O) groups is 1. The Hall–Kier alpha value is -1.55. The number of H-pyrrole nitrogens is 1. The molecule has 0 saturated carbocycles. The van der Waals surface area contributed by atoms with Crippen molar-refractivity contribution in [3.63, 3.8) is 0 Å². The van der Waals surface area contributed by atoms with E-state index >= 15 is 0 Å². The summed E-state index contributed by atoms with van der Waals surface area (Å²) in [6.07, 6.45) is 1.39. The summed E-state index contributed by atoms with van der Waals surface area (Å²) in [5.74, 6) is 0.0256. The quantitative estimate of drug-likeness (QED) is 0.861. The summed E-state index contributed by atoms with van der Waals surface area (Å²) >= 11 is 5.85. The van der Waals surface area contributed by atoms with Gasteiger partial charge in [0, 0.05) is 17.9 Å². The zero-order chi connectivity index (χ0) is 11.5. The number of rotatable bonds is 4. The van der Waals surface area contributed by atoms with Crippen molar-refractivity contribution in [2.24, 2.45) is 0 Å². The van der Waals surface area contributed by atoms with Crippen molar-refractivity contribution in [3.8, 4) is 0 Å². The fourth-order valence-corrected chi connectivity index (χ4v) is 1.73. The van der Waals surface area contributed by atoms with E-state index in [2.05, 4.69) is 9.97 Å². The molecular weight excluding hydrogens is 228 g/mol. The number of aromatic amines is 1. The third-order valence-corrected chi connectivity index (χ3v) is 2.53. The van der Waals surface area contributed by atoms with Crippen molar-refractivity contribution < 1.29 is 9.90 Å². The molecule has 0 saturated heterocycles. The summed E-state index contributed by atoms with van der Waals surface area (Å²) in [5.41, 5.74) is 1.74. The smallest absolute Gasteiger partial charge is 0.303 e. The van der Waals surface area contributed by atoms with Gasteiger partial charge in [-0.15, -0.1) is 0 Å². The van der Waals surface area contributed by atoms with Crippen LogP contribution in [0.15, 0.2) is 18.2 Å². The molecule has 5 heteroatoms. The molecule has 0 aliphatic carbocycles. The topological polar surface area (TPSA) is 66.0 Å². The number of carboxylic acids is 1. The maximum absolute atomic E-state index is 10.4. The van der Waals surface area contributed by atoms with E-state index in [1.165, 1.54) is 0 Å². The van der Waals surface area contributed by atoms with Crippen LogP contribution in [0.2, 0.25) is 5.02 Å². The van der Waals surface area contributed by atoms with Crippen molar-refractivity contribution in [2.75, 3.05) is 0 Å². The van der Waals surface area contributed by atoms with E-state index in [0.717, 1.165) is 16.9 Å². The van der Waals surface area contributed by atoms with Crippen LogP contribution < -0.4 is 0 Å². The predicted octanol–water partition coefficient (Wildman–Crippen LogP) is 2.62. The monoisotopic (exact) mass is 238 g/mol. The van der Waals surface area contributed by atoms with Gasteiger partial charge in [-0.1, -0.05) is 11.6 Å². The molecular formula is C11H11ClN2O2. The molecule has 0 bridgehead atoms. The van der Waals surface area contributed by atoms with Gasteiger partial charge < -0.3 is 10.1 Å². The summed E-state index contributed by atoms with van der Waals surface area (Å²) in [6, 6.07) is 5.44. The zero-order valence-corrected chi connectivity index (χ0v) is 9.29. The Kier molecular flexibility index (Phi) is 3.10. The van der Waals surface area contributed by atoms with Crippen molar-refractivity contribution in [1.82, 2.24) is 9.97 Å². The lowest BCUT2D eigenvalue weighted by Crippen LogP contribution is -1.96. The largest absolute Gasteiger partial charge is 0.481 e. The van der Waals surface area contributed by atoms with Crippen LogP contribution in [-0.2, 0) is 11.2 Å². The molecule has 16 heavy (non-hydrogen) atoms. The number of aliphatic carboxylic acids is 1. The molecule has 2 rings (SSSR count). The highest BCUT2D eigenvalue weighted by molar-refractivity contribution is 6.31. The highest BCUT2D eigenvalue weighted by Crippen LogP contribution is 2.17. The van der Waals surface area contributed by atoms with Crippen LogP contribution in [0, 0.1) is 0 Å². The molecule has 84 valence electrons. The minimum absolute atomic E-state index is 0.164. The van der Waals surface area contributed by atoms with Gasteiger partial charge in [0.25, 0.3) is 0 Å². The Morgan fingerprint density at radius 1 is 1.50 bits per heavy atom. The van der Waals surface area contributed by atoms with Crippen molar-refractivity contribution in [3.05, 3.63) is 29.0 Å². The van der Waals surface area contributed by atoms with Gasteiger partial charge >= 0.3 is 5.97 Å². The maximum atomic E-state index is 10.4. The van der Waals surface area contributed by atoms with Crippen LogP contribution in [0.1, 0.15) is 18.7 Å². The average molecular weight is 239 g/mol. The number of nitrogens with zero attached hydrogens (tertiary/aromatic N) is 1. The minimum Gasteiger partial charge on any atom is -0.481 e. The summed E-state index contributed by atoms with van der Waals surface area (Å²) in [4.78, 5) is 17.8. The molecule has 0 aliphatic rings. The van der Waals surface area contributed by atoms with E-state index in [4.69, 9.17) is 16.7 Å². The normalized spacial score (nSPS) is 10.8. The molecule has 0 spiro atoms. The number of fused-ring (bicyclic) bond motifs is 1. The Bertz CT molecular complexity index is 522. The standard InChI is InChI=1S/C11H11ClN2O2/c12-7-4-5-8-9(6-7)14-10(13-8)2-1-3-11(15)16/h4-6H,1-3H2,(H,13,14)(H,15,16). The summed E-state index contributed by atoms with van der Waals surface area (Å²) in [7, 11) is 0. The number of hydrogen-bond acceptors (Lipinski definition) is 2. The van der Waals surface area contributed by atoms with Crippen molar-refractivity contribution >= 4 is 28.6 Å². The van der Waals surface area contributed by atoms with Crippen LogP contribution in [-0.4, -0.2) is 21.0 Å². The molecule has 0 amide bonds. The van der Waals surface area contributed by atoms with Gasteiger partial charge in [0.05, 0.1) is 11.0 Å². The van der Waals surface area contributed by atoms with Crippen LogP contribution >= 0.6 is 11.6 Å². The lowest BCUT2D eigenvalue weighted by atomic mass is 10.2. The molecule has 0 aliphatic heterocycles. The van der Waals surface area contributed by atoms with E-state index in [0.29, 0.717) is 17.9 Å². The van der Waals surface area contributed by atoms with E-state index in [1.807, 2.05) is 12.1 Å². The first kappa shape index (κ1) is 11.0. The van der Waals surface area contributed by atoms with Gasteiger partial charge in [0.1, 0.15) is 5.82 Å². The number of imidazole rings is 1. The third-order valence-electron chi connectivity index (χ3n) is 2.30. The summed E-state index contributed by atoms with van der Waals surface area (Å²) in [6.45, 7) is 0. The Balaban J connectivity index is 2.10. The third kappa shape index (κ3) is 2.52. The Morgan fingerprint density at radius 3 is 3.06 bits per heavy atom. The lowest BCUT2D eigenvalue weighted by molar-refractivity contribution is -0.137. The van der Waals surface area contributed by atoms with E-state index in [-0.39, 0.29) is 6.42 Å². The average Bonchev–Trinajstić information content (AvgIpc) is 2.58.